The van der Waals surface area contributed by atoms with E-state index in [1.807, 2.05) is 0 Å². The zero-order valence-corrected chi connectivity index (χ0v) is 8.50. The van der Waals surface area contributed by atoms with Gasteiger partial charge in [-0.3, -0.25) is 0 Å². The van der Waals surface area contributed by atoms with Crippen LogP contribution in [0.15, 0.2) is 11.6 Å². The van der Waals surface area contributed by atoms with Crippen molar-refractivity contribution in [3.63, 3.8) is 0 Å². The first-order chi connectivity index (χ1) is 6.76. The number of fused-ring (bicyclic) bond motifs is 4. The normalized spacial score (nSPS) is 53.0. The molecule has 2 fully saturated rings. The molecule has 3 aliphatic carbocycles. The van der Waals surface area contributed by atoms with E-state index in [9.17, 15) is 0 Å². The van der Waals surface area contributed by atoms with Gasteiger partial charge in [0.1, 0.15) is 0 Å². The van der Waals surface area contributed by atoms with Crippen molar-refractivity contribution in [2.75, 3.05) is 0 Å². The Kier molecular flexibility index (Phi) is 1.67. The van der Waals surface area contributed by atoms with Crippen molar-refractivity contribution in [1.29, 1.82) is 0 Å². The van der Waals surface area contributed by atoms with Crippen molar-refractivity contribution < 1.29 is 0 Å². The lowest BCUT2D eigenvalue weighted by atomic mass is 9.21. The van der Waals surface area contributed by atoms with E-state index in [1.54, 1.807) is 0 Å². The van der Waals surface area contributed by atoms with Gasteiger partial charge in [-0.1, -0.05) is 30.6 Å². The predicted octanol–water partition coefficient (Wildman–Crippen LogP) is 1.70. The van der Waals surface area contributed by atoms with Crippen LogP contribution in [0.5, 0.6) is 0 Å². The minimum absolute atomic E-state index is 0.222. The van der Waals surface area contributed by atoms with E-state index in [4.69, 9.17) is 23.5 Å². The Morgan fingerprint density at radius 2 is 2.07 bits per heavy atom. The highest BCUT2D eigenvalue weighted by atomic mass is 14.8. The molecule has 0 N–H and O–H groups in total. The zero-order chi connectivity index (χ0) is 9.97. The van der Waals surface area contributed by atoms with E-state index < -0.39 is 0 Å². The summed E-state index contributed by atoms with van der Waals surface area (Å²) in [6, 6.07) is 0. The van der Waals surface area contributed by atoms with Gasteiger partial charge in [0.2, 0.25) is 0 Å². The number of rotatable bonds is 3. The van der Waals surface area contributed by atoms with Crippen molar-refractivity contribution in [3.05, 3.63) is 11.6 Å². The third-order valence-electron chi connectivity index (χ3n) is 5.36. The van der Waals surface area contributed by atoms with Gasteiger partial charge in [0.25, 0.3) is 0 Å². The van der Waals surface area contributed by atoms with Gasteiger partial charge < -0.3 is 0 Å². The summed E-state index contributed by atoms with van der Waals surface area (Å²) in [5.41, 5.74) is 1.95. The summed E-state index contributed by atoms with van der Waals surface area (Å²) in [7, 11) is 17.7. The van der Waals surface area contributed by atoms with Crippen LogP contribution < -0.4 is 0 Å². The molecular formula is C11H13B3. The topological polar surface area (TPSA) is 0 Å². The lowest BCUT2D eigenvalue weighted by Gasteiger charge is -2.81. The van der Waals surface area contributed by atoms with Crippen LogP contribution in [0.25, 0.3) is 0 Å². The van der Waals surface area contributed by atoms with Gasteiger partial charge in [-0.05, 0) is 35.5 Å². The molecule has 0 aromatic heterocycles. The molecule has 4 unspecified atom stereocenters. The molecule has 3 rings (SSSR count). The molecule has 0 saturated heterocycles. The van der Waals surface area contributed by atoms with Crippen LogP contribution in [0.1, 0.15) is 12.8 Å². The van der Waals surface area contributed by atoms with Crippen LogP contribution in [0.3, 0.4) is 0 Å². The van der Waals surface area contributed by atoms with E-state index in [2.05, 4.69) is 6.08 Å². The molecule has 0 heterocycles. The molecule has 14 heavy (non-hydrogen) atoms. The second-order valence-electron chi connectivity index (χ2n) is 5.10. The number of hydrogen-bond donors (Lipinski definition) is 0. The van der Waals surface area contributed by atoms with E-state index in [0.29, 0.717) is 17.7 Å². The van der Waals surface area contributed by atoms with Crippen LogP contribution in [0, 0.1) is 22.7 Å². The average molecular weight is 178 g/mol. The predicted molar refractivity (Wildman–Crippen MR) is 60.8 cm³/mol. The van der Waals surface area contributed by atoms with Gasteiger partial charge in [0.15, 0.2) is 0 Å². The van der Waals surface area contributed by atoms with E-state index in [1.165, 1.54) is 18.4 Å². The van der Waals surface area contributed by atoms with Gasteiger partial charge >= 0.3 is 0 Å². The summed E-state index contributed by atoms with van der Waals surface area (Å²) in [6.07, 6.45) is 7.17. The van der Waals surface area contributed by atoms with Crippen LogP contribution in [-0.4, -0.2) is 23.5 Å². The largest absolute Gasteiger partial charge is 0.0820 e. The molecule has 0 amide bonds. The van der Waals surface area contributed by atoms with Crippen LogP contribution in [-0.2, 0) is 0 Å². The van der Waals surface area contributed by atoms with Crippen LogP contribution >= 0.6 is 0 Å². The molecule has 3 heteroatoms. The Hall–Kier alpha value is -0.0652. The smallest absolute Gasteiger partial charge is 0.0712 e. The Morgan fingerprint density at radius 3 is 2.50 bits per heavy atom. The summed E-state index contributed by atoms with van der Waals surface area (Å²) in [4.78, 5) is 0. The third-order valence-corrected chi connectivity index (χ3v) is 5.36. The van der Waals surface area contributed by atoms with E-state index in [0.717, 1.165) is 18.6 Å². The first kappa shape index (κ1) is 9.18. The zero-order valence-electron chi connectivity index (χ0n) is 8.50. The minimum atomic E-state index is 0.222. The van der Waals surface area contributed by atoms with Gasteiger partial charge in [-0.15, -0.1) is 0 Å². The standard InChI is InChI=1S/C11H13B3/c12-4-7-3-9-8-1-2-10(8,5-13)11(7,9)6-14/h3,8-9H,1-2,4-6H2. The Balaban J connectivity index is 2.00. The van der Waals surface area contributed by atoms with Gasteiger partial charge in [0.05, 0.1) is 23.5 Å². The fourth-order valence-electron chi connectivity index (χ4n) is 4.53. The molecule has 0 aromatic carbocycles. The Morgan fingerprint density at radius 1 is 1.29 bits per heavy atom. The lowest BCUT2D eigenvalue weighted by molar-refractivity contribution is -0.232. The average Bonchev–Trinajstić information content (AvgIpc) is 2.17. The molecule has 0 spiro atoms. The minimum Gasteiger partial charge on any atom is -0.0820 e. The highest BCUT2D eigenvalue weighted by molar-refractivity contribution is 6.13. The third kappa shape index (κ3) is 0.596. The van der Waals surface area contributed by atoms with Gasteiger partial charge in [-0.25, -0.2) is 0 Å². The first-order valence-corrected chi connectivity index (χ1v) is 5.58. The molecule has 66 valence electrons. The van der Waals surface area contributed by atoms with Crippen molar-refractivity contribution in [1.82, 2.24) is 0 Å². The number of hydrogen-bond acceptors (Lipinski definition) is 0. The Labute approximate surface area is 90.1 Å². The SMILES string of the molecule is [B]CC1=CC2C3CCC3(C[B])C12C[B]. The molecule has 3 aliphatic rings. The molecular weight excluding hydrogens is 165 g/mol. The molecule has 4 atom stereocenters. The molecule has 0 aliphatic heterocycles. The van der Waals surface area contributed by atoms with Crippen molar-refractivity contribution in [2.24, 2.45) is 22.7 Å². The quantitative estimate of drug-likeness (QED) is 0.455. The summed E-state index contributed by atoms with van der Waals surface area (Å²) in [5, 5.41) is 0. The van der Waals surface area contributed by atoms with Crippen molar-refractivity contribution in [3.8, 4) is 0 Å². The van der Waals surface area contributed by atoms with E-state index in [-0.39, 0.29) is 5.41 Å². The van der Waals surface area contributed by atoms with Gasteiger partial charge in [-0.2, -0.15) is 0 Å². The molecule has 0 bridgehead atoms. The maximum atomic E-state index is 5.97. The van der Waals surface area contributed by atoms with Crippen molar-refractivity contribution in [2.45, 2.75) is 31.8 Å². The van der Waals surface area contributed by atoms with Gasteiger partial charge in [0, 0.05) is 0 Å². The van der Waals surface area contributed by atoms with E-state index >= 15 is 0 Å². The second kappa shape index (κ2) is 2.54. The second-order valence-corrected chi connectivity index (χ2v) is 5.10. The molecule has 6 radical (unpaired) electrons. The van der Waals surface area contributed by atoms with Crippen molar-refractivity contribution >= 4 is 23.5 Å². The molecule has 2 saturated carbocycles. The first-order valence-electron chi connectivity index (χ1n) is 5.58. The number of allylic oxidation sites excluding steroid dienone is 2. The maximum Gasteiger partial charge on any atom is 0.0712 e. The molecule has 0 nitrogen and oxygen atoms in total. The lowest BCUT2D eigenvalue weighted by Crippen LogP contribution is -2.74. The Bertz CT molecular complexity index is 308. The summed E-state index contributed by atoms with van der Waals surface area (Å²) in [5.74, 6) is 1.54. The fourth-order valence-corrected chi connectivity index (χ4v) is 4.53. The maximum absolute atomic E-state index is 5.97. The highest BCUT2D eigenvalue weighted by Gasteiger charge is 2.76. The summed E-state index contributed by atoms with van der Waals surface area (Å²) < 4.78 is 0. The molecule has 0 aromatic rings. The monoisotopic (exact) mass is 178 g/mol. The highest BCUT2D eigenvalue weighted by Crippen LogP contribution is 2.83. The summed E-state index contributed by atoms with van der Waals surface area (Å²) >= 11 is 0. The van der Waals surface area contributed by atoms with Crippen LogP contribution in [0.4, 0.5) is 0 Å². The van der Waals surface area contributed by atoms with Crippen LogP contribution in [0.2, 0.25) is 19.0 Å². The summed E-state index contributed by atoms with van der Waals surface area (Å²) in [6.45, 7) is 0. The fraction of sp³-hybridized carbons (Fsp3) is 0.818.